The average Bonchev–Trinajstić information content (AvgIpc) is 3.16. The second-order valence-electron chi connectivity index (χ2n) is 6.11. The smallest absolute Gasteiger partial charge is 0.124 e. The van der Waals surface area contributed by atoms with Crippen LogP contribution in [0, 0.1) is 0 Å². The molecule has 2 aromatic rings. The van der Waals surface area contributed by atoms with E-state index < -0.39 is 0 Å². The molecule has 1 aromatic carbocycles. The highest BCUT2D eigenvalue weighted by Crippen LogP contribution is 2.35. The predicted molar refractivity (Wildman–Crippen MR) is 81.1 cm³/mol. The third kappa shape index (κ3) is 2.11. The van der Waals surface area contributed by atoms with Crippen LogP contribution >= 0.6 is 0 Å². The van der Waals surface area contributed by atoms with Crippen LogP contribution in [-0.2, 0) is 6.54 Å². The third-order valence-corrected chi connectivity index (χ3v) is 4.77. The fourth-order valence-electron chi connectivity index (χ4n) is 3.59. The van der Waals surface area contributed by atoms with Gasteiger partial charge in [-0.25, -0.2) is 4.68 Å². The number of aromatic nitrogens is 2. The summed E-state index contributed by atoms with van der Waals surface area (Å²) in [5, 5.41) is 8.42. The van der Waals surface area contributed by atoms with Gasteiger partial charge in [-0.05, 0) is 18.4 Å². The molecule has 1 atom stereocenters. The van der Waals surface area contributed by atoms with Crippen LogP contribution in [-0.4, -0.2) is 16.3 Å². The zero-order valence-electron chi connectivity index (χ0n) is 11.8. The van der Waals surface area contributed by atoms with Crippen molar-refractivity contribution in [1.82, 2.24) is 9.78 Å². The van der Waals surface area contributed by atoms with Crippen molar-refractivity contribution in [2.75, 3.05) is 11.9 Å². The number of hydrogen-bond acceptors (Lipinski definition) is 2. The lowest BCUT2D eigenvalue weighted by atomic mass is 9.98. The second-order valence-corrected chi connectivity index (χ2v) is 6.11. The summed E-state index contributed by atoms with van der Waals surface area (Å²) in [4.78, 5) is 0. The van der Waals surface area contributed by atoms with Crippen LogP contribution in [0.5, 0.6) is 0 Å². The van der Waals surface area contributed by atoms with Crippen molar-refractivity contribution in [2.24, 2.45) is 0 Å². The van der Waals surface area contributed by atoms with Crippen molar-refractivity contribution < 1.29 is 0 Å². The van der Waals surface area contributed by atoms with Crippen LogP contribution in [0.15, 0.2) is 36.4 Å². The molecule has 0 saturated heterocycles. The fourth-order valence-corrected chi connectivity index (χ4v) is 3.59. The normalized spacial score (nSPS) is 22.5. The van der Waals surface area contributed by atoms with E-state index in [-0.39, 0.29) is 0 Å². The molecule has 0 radical (unpaired) electrons. The quantitative estimate of drug-likeness (QED) is 0.898. The molecule has 1 aliphatic heterocycles. The van der Waals surface area contributed by atoms with Gasteiger partial charge >= 0.3 is 0 Å². The van der Waals surface area contributed by atoms with Crippen molar-refractivity contribution in [3.05, 3.63) is 47.7 Å². The summed E-state index contributed by atoms with van der Waals surface area (Å²) in [6.07, 6.45) is 5.37. The molecule has 1 N–H and O–H groups in total. The first kappa shape index (κ1) is 12.0. The molecule has 20 heavy (non-hydrogen) atoms. The molecule has 1 saturated carbocycles. The van der Waals surface area contributed by atoms with E-state index in [0.29, 0.717) is 11.8 Å². The second kappa shape index (κ2) is 4.97. The molecule has 0 amide bonds. The maximum absolute atomic E-state index is 4.86. The van der Waals surface area contributed by atoms with E-state index in [1.165, 1.54) is 42.8 Å². The van der Waals surface area contributed by atoms with Crippen LogP contribution in [0.3, 0.4) is 0 Å². The van der Waals surface area contributed by atoms with Crippen molar-refractivity contribution >= 4 is 5.82 Å². The first-order chi connectivity index (χ1) is 9.90. The van der Waals surface area contributed by atoms with E-state index in [2.05, 4.69) is 46.4 Å². The molecule has 3 heteroatoms. The van der Waals surface area contributed by atoms with Crippen molar-refractivity contribution in [2.45, 2.75) is 44.1 Å². The molecule has 1 fully saturated rings. The molecule has 1 aliphatic carbocycles. The van der Waals surface area contributed by atoms with E-state index in [1.54, 1.807) is 0 Å². The molecule has 2 aliphatic rings. The molecule has 1 unspecified atom stereocenters. The van der Waals surface area contributed by atoms with Gasteiger partial charge in [-0.1, -0.05) is 43.2 Å². The Kier molecular flexibility index (Phi) is 2.98. The lowest BCUT2D eigenvalue weighted by Crippen LogP contribution is -2.26. The minimum Gasteiger partial charge on any atom is -0.370 e. The van der Waals surface area contributed by atoms with Crippen LogP contribution < -0.4 is 5.32 Å². The monoisotopic (exact) mass is 267 g/mol. The van der Waals surface area contributed by atoms with Crippen molar-refractivity contribution in [3.8, 4) is 0 Å². The minimum atomic E-state index is 0.528. The fraction of sp³-hybridized carbons (Fsp3) is 0.471. The number of benzene rings is 1. The van der Waals surface area contributed by atoms with Crippen LogP contribution in [0.2, 0.25) is 0 Å². The summed E-state index contributed by atoms with van der Waals surface area (Å²) in [5.74, 6) is 2.43. The molecule has 4 rings (SSSR count). The Hall–Kier alpha value is -1.77. The van der Waals surface area contributed by atoms with Gasteiger partial charge in [0.2, 0.25) is 0 Å². The molecule has 0 bridgehead atoms. The van der Waals surface area contributed by atoms with Gasteiger partial charge in [-0.3, -0.25) is 0 Å². The van der Waals surface area contributed by atoms with Crippen molar-refractivity contribution in [3.63, 3.8) is 0 Å². The van der Waals surface area contributed by atoms with Gasteiger partial charge in [0, 0.05) is 24.4 Å². The first-order valence-corrected chi connectivity index (χ1v) is 7.77. The highest BCUT2D eigenvalue weighted by Gasteiger charge is 2.25. The molecule has 0 spiro atoms. The highest BCUT2D eigenvalue weighted by atomic mass is 15.3. The number of nitrogens with one attached hydrogen (secondary N) is 1. The summed E-state index contributed by atoms with van der Waals surface area (Å²) < 4.78 is 2.18. The van der Waals surface area contributed by atoms with Crippen molar-refractivity contribution in [1.29, 1.82) is 0 Å². The summed E-state index contributed by atoms with van der Waals surface area (Å²) in [6, 6.07) is 13.0. The summed E-state index contributed by atoms with van der Waals surface area (Å²) in [7, 11) is 0. The van der Waals surface area contributed by atoms with E-state index in [9.17, 15) is 0 Å². The minimum absolute atomic E-state index is 0.528. The van der Waals surface area contributed by atoms with Gasteiger partial charge < -0.3 is 5.32 Å². The Labute approximate surface area is 120 Å². The Morgan fingerprint density at radius 3 is 2.65 bits per heavy atom. The Morgan fingerprint density at radius 1 is 1.05 bits per heavy atom. The van der Waals surface area contributed by atoms with E-state index in [4.69, 9.17) is 5.10 Å². The Bertz CT molecular complexity index is 582. The lowest BCUT2D eigenvalue weighted by Gasteiger charge is -2.25. The molecule has 2 heterocycles. The highest BCUT2D eigenvalue weighted by molar-refractivity contribution is 5.41. The van der Waals surface area contributed by atoms with Gasteiger partial charge in [0.25, 0.3) is 0 Å². The summed E-state index contributed by atoms with van der Waals surface area (Å²) in [5.41, 5.74) is 2.71. The van der Waals surface area contributed by atoms with Crippen LogP contribution in [0.25, 0.3) is 0 Å². The van der Waals surface area contributed by atoms with Crippen LogP contribution in [0.4, 0.5) is 5.82 Å². The number of hydrogen-bond donors (Lipinski definition) is 1. The van der Waals surface area contributed by atoms with Gasteiger partial charge in [-0.2, -0.15) is 5.10 Å². The molecule has 104 valence electrons. The SMILES string of the molecule is c1ccc(C2CNc3cc(C4CCCC4)nn3C2)cc1. The van der Waals surface area contributed by atoms with E-state index in [1.807, 2.05) is 0 Å². The number of fused-ring (bicyclic) bond motifs is 1. The molecular weight excluding hydrogens is 246 g/mol. The van der Waals surface area contributed by atoms with Gasteiger partial charge in [0.1, 0.15) is 5.82 Å². The first-order valence-electron chi connectivity index (χ1n) is 7.77. The Balaban J connectivity index is 1.57. The number of anilines is 1. The standard InChI is InChI=1S/C17H21N3/c1-2-6-13(7-3-1)15-11-18-17-10-16(19-20(17)12-15)14-8-4-5-9-14/h1-3,6-7,10,14-15,18H,4-5,8-9,11-12H2. The lowest BCUT2D eigenvalue weighted by molar-refractivity contribution is 0.497. The topological polar surface area (TPSA) is 29.9 Å². The maximum Gasteiger partial charge on any atom is 0.124 e. The predicted octanol–water partition coefficient (Wildman–Crippen LogP) is 3.75. The Morgan fingerprint density at radius 2 is 1.85 bits per heavy atom. The third-order valence-electron chi connectivity index (χ3n) is 4.77. The maximum atomic E-state index is 4.86. The zero-order chi connectivity index (χ0) is 13.4. The number of nitrogens with zero attached hydrogens (tertiary/aromatic N) is 2. The molecular formula is C17H21N3. The van der Waals surface area contributed by atoms with E-state index >= 15 is 0 Å². The average molecular weight is 267 g/mol. The molecule has 3 nitrogen and oxygen atoms in total. The molecule has 1 aromatic heterocycles. The summed E-state index contributed by atoms with van der Waals surface area (Å²) >= 11 is 0. The largest absolute Gasteiger partial charge is 0.370 e. The summed E-state index contributed by atoms with van der Waals surface area (Å²) in [6.45, 7) is 2.01. The van der Waals surface area contributed by atoms with Gasteiger partial charge in [0.15, 0.2) is 0 Å². The van der Waals surface area contributed by atoms with Crippen LogP contribution in [0.1, 0.15) is 48.8 Å². The van der Waals surface area contributed by atoms with E-state index in [0.717, 1.165) is 13.1 Å². The van der Waals surface area contributed by atoms with Gasteiger partial charge in [-0.15, -0.1) is 0 Å². The number of rotatable bonds is 2. The zero-order valence-corrected chi connectivity index (χ0v) is 11.8. The van der Waals surface area contributed by atoms with Gasteiger partial charge in [0.05, 0.1) is 12.2 Å².